The van der Waals surface area contributed by atoms with E-state index >= 15 is 0 Å². The highest BCUT2D eigenvalue weighted by molar-refractivity contribution is 7.89. The first kappa shape index (κ1) is 25.1. The maximum atomic E-state index is 12.9. The molecular weight excluding hydrogens is 514 g/mol. The second-order valence-electron chi connectivity index (χ2n) is 9.55. The van der Waals surface area contributed by atoms with Crippen LogP contribution in [0.4, 0.5) is 5.69 Å². The van der Waals surface area contributed by atoms with Crippen LogP contribution in [0, 0.1) is 0 Å². The Balaban J connectivity index is 1.21. The van der Waals surface area contributed by atoms with Crippen molar-refractivity contribution < 1.29 is 13.2 Å². The molecular formula is C28H29N7O3S. The van der Waals surface area contributed by atoms with Crippen molar-refractivity contribution in [2.24, 2.45) is 4.99 Å². The molecule has 2 aliphatic rings. The van der Waals surface area contributed by atoms with Gasteiger partial charge in [-0.3, -0.25) is 0 Å². The Morgan fingerprint density at radius 3 is 2.69 bits per heavy atom. The van der Waals surface area contributed by atoms with Crippen molar-refractivity contribution in [3.63, 3.8) is 0 Å². The highest BCUT2D eigenvalue weighted by Gasteiger charge is 2.22. The fourth-order valence-electron chi connectivity index (χ4n) is 4.71. The van der Waals surface area contributed by atoms with E-state index in [1.807, 2.05) is 41.4 Å². The lowest BCUT2D eigenvalue weighted by molar-refractivity contribution is 0.302. The van der Waals surface area contributed by atoms with Crippen molar-refractivity contribution in [1.29, 1.82) is 0 Å². The lowest BCUT2D eigenvalue weighted by atomic mass is 10.1. The third-order valence-electron chi connectivity index (χ3n) is 6.80. The van der Waals surface area contributed by atoms with Gasteiger partial charge in [-0.15, -0.1) is 0 Å². The van der Waals surface area contributed by atoms with E-state index in [2.05, 4.69) is 36.6 Å². The minimum Gasteiger partial charge on any atom is -0.487 e. The molecule has 2 aromatic carbocycles. The highest BCUT2D eigenvalue weighted by atomic mass is 32.2. The molecule has 4 aromatic rings. The van der Waals surface area contributed by atoms with Gasteiger partial charge in [0.05, 0.1) is 28.8 Å². The zero-order chi connectivity index (χ0) is 26.8. The van der Waals surface area contributed by atoms with Crippen LogP contribution in [0.3, 0.4) is 0 Å². The average molecular weight is 544 g/mol. The number of hydrogen-bond donors (Lipinski definition) is 4. The largest absolute Gasteiger partial charge is 0.487 e. The molecule has 0 unspecified atom stereocenters. The van der Waals surface area contributed by atoms with Crippen LogP contribution >= 0.6 is 0 Å². The van der Waals surface area contributed by atoms with Crippen LogP contribution in [-0.2, 0) is 16.6 Å². The summed E-state index contributed by atoms with van der Waals surface area (Å²) in [6.07, 6.45) is 6.90. The summed E-state index contributed by atoms with van der Waals surface area (Å²) < 4.78 is 34.4. The van der Waals surface area contributed by atoms with Gasteiger partial charge in [-0.05, 0) is 61.8 Å². The van der Waals surface area contributed by atoms with Gasteiger partial charge in [0.25, 0.3) is 0 Å². The molecule has 200 valence electrons. The molecule has 2 aromatic heterocycles. The predicted molar refractivity (Wildman–Crippen MR) is 149 cm³/mol. The number of aromatic amines is 2. The summed E-state index contributed by atoms with van der Waals surface area (Å²) in [5.41, 5.74) is 4.15. The first-order chi connectivity index (χ1) is 18.9. The molecule has 2 aliphatic heterocycles. The SMILES string of the molecule is C=C1N=c2[nH]c(-c3ccc(S(=O)(=O)NC4CCNCC4)cc3)cc2=CN1c1cccc(OCc2cnc[nH]2)c1. The van der Waals surface area contributed by atoms with E-state index in [1.54, 1.807) is 36.8 Å². The Bertz CT molecular complexity index is 1710. The van der Waals surface area contributed by atoms with Gasteiger partial charge in [0.15, 0.2) is 0 Å². The topological polar surface area (TPSA) is 128 Å². The smallest absolute Gasteiger partial charge is 0.240 e. The fourth-order valence-corrected chi connectivity index (χ4v) is 6.02. The molecule has 0 atom stereocenters. The fraction of sp³-hybridized carbons (Fsp3) is 0.214. The standard InChI is InChI=1S/C28H29N7O3S/c1-19-32-28-21(16-35(19)24-3-2-4-25(14-24)38-17-23-15-30-18-31-23)13-27(33-28)20-5-7-26(8-6-20)39(36,37)34-22-9-11-29-12-10-22/h2-8,13-16,18,22,29,34H,1,9-12,17H2,(H,30,31)(H,32,33). The molecule has 0 aliphatic carbocycles. The van der Waals surface area contributed by atoms with E-state index in [0.29, 0.717) is 23.7 Å². The summed E-state index contributed by atoms with van der Waals surface area (Å²) in [6, 6.07) is 16.6. The second-order valence-corrected chi connectivity index (χ2v) is 11.3. The van der Waals surface area contributed by atoms with Gasteiger partial charge in [0.1, 0.15) is 23.7 Å². The number of aromatic nitrogens is 3. The van der Waals surface area contributed by atoms with Crippen molar-refractivity contribution in [2.45, 2.75) is 30.4 Å². The number of benzene rings is 2. The minimum absolute atomic E-state index is 0.0391. The summed E-state index contributed by atoms with van der Waals surface area (Å²) in [5, 5.41) is 4.14. The third-order valence-corrected chi connectivity index (χ3v) is 8.33. The zero-order valence-corrected chi connectivity index (χ0v) is 22.0. The summed E-state index contributed by atoms with van der Waals surface area (Å²) in [4.78, 5) is 17.2. The van der Waals surface area contributed by atoms with Gasteiger partial charge < -0.3 is 24.9 Å². The van der Waals surface area contributed by atoms with Gasteiger partial charge in [-0.1, -0.05) is 24.8 Å². The molecule has 1 saturated heterocycles. The van der Waals surface area contributed by atoms with Crippen molar-refractivity contribution in [1.82, 2.24) is 25.0 Å². The molecule has 39 heavy (non-hydrogen) atoms. The number of nitrogens with one attached hydrogen (secondary N) is 4. The molecule has 0 radical (unpaired) electrons. The summed E-state index contributed by atoms with van der Waals surface area (Å²) in [6.45, 7) is 6.16. The van der Waals surface area contributed by atoms with Crippen LogP contribution in [0.25, 0.3) is 17.5 Å². The Hall–Kier alpha value is -4.19. The first-order valence-electron chi connectivity index (χ1n) is 12.8. The van der Waals surface area contributed by atoms with Crippen LogP contribution < -0.4 is 30.4 Å². The zero-order valence-electron chi connectivity index (χ0n) is 21.2. The van der Waals surface area contributed by atoms with Crippen LogP contribution in [-0.4, -0.2) is 42.5 Å². The van der Waals surface area contributed by atoms with E-state index in [1.165, 1.54) is 0 Å². The van der Waals surface area contributed by atoms with E-state index in [-0.39, 0.29) is 10.9 Å². The number of piperidine rings is 1. The van der Waals surface area contributed by atoms with Crippen molar-refractivity contribution in [3.8, 4) is 17.0 Å². The predicted octanol–water partition coefficient (Wildman–Crippen LogP) is 2.36. The molecule has 4 heterocycles. The molecule has 10 nitrogen and oxygen atoms in total. The molecule has 0 spiro atoms. The maximum absolute atomic E-state index is 12.9. The van der Waals surface area contributed by atoms with Crippen LogP contribution in [0.15, 0.2) is 89.4 Å². The number of anilines is 1. The molecule has 0 bridgehead atoms. The average Bonchev–Trinajstić information content (AvgIpc) is 3.62. The monoisotopic (exact) mass is 543 g/mol. The molecule has 0 amide bonds. The van der Waals surface area contributed by atoms with E-state index in [9.17, 15) is 8.42 Å². The van der Waals surface area contributed by atoms with E-state index in [4.69, 9.17) is 4.74 Å². The number of rotatable bonds is 8. The Morgan fingerprint density at radius 1 is 1.10 bits per heavy atom. The lowest BCUT2D eigenvalue weighted by Gasteiger charge is -2.23. The normalized spacial score (nSPS) is 15.9. The first-order valence-corrected chi connectivity index (χ1v) is 14.2. The highest BCUT2D eigenvalue weighted by Crippen LogP contribution is 2.26. The summed E-state index contributed by atoms with van der Waals surface area (Å²) >= 11 is 0. The van der Waals surface area contributed by atoms with Gasteiger partial charge in [-0.25, -0.2) is 23.1 Å². The number of fused-ring (bicyclic) bond motifs is 1. The van der Waals surface area contributed by atoms with E-state index < -0.39 is 10.0 Å². The lowest BCUT2D eigenvalue weighted by Crippen LogP contribution is -2.42. The van der Waals surface area contributed by atoms with Crippen molar-refractivity contribution >= 4 is 21.9 Å². The van der Waals surface area contributed by atoms with Crippen LogP contribution in [0.5, 0.6) is 5.75 Å². The van der Waals surface area contributed by atoms with Crippen molar-refractivity contribution in [3.05, 3.63) is 95.9 Å². The Morgan fingerprint density at radius 2 is 1.92 bits per heavy atom. The Kier molecular flexibility index (Phi) is 6.77. The van der Waals surface area contributed by atoms with Gasteiger partial charge >= 0.3 is 0 Å². The number of H-pyrrole nitrogens is 2. The van der Waals surface area contributed by atoms with E-state index in [0.717, 1.165) is 53.8 Å². The Labute approximate surface area is 226 Å². The quantitative estimate of drug-likeness (QED) is 0.270. The maximum Gasteiger partial charge on any atom is 0.240 e. The number of imidazole rings is 1. The van der Waals surface area contributed by atoms with Crippen molar-refractivity contribution in [2.75, 3.05) is 18.0 Å². The number of ether oxygens (including phenoxy) is 1. The molecule has 11 heteroatoms. The van der Waals surface area contributed by atoms with Crippen LogP contribution in [0.1, 0.15) is 18.5 Å². The number of hydrogen-bond acceptors (Lipinski definition) is 7. The third kappa shape index (κ3) is 5.51. The van der Waals surface area contributed by atoms with Gasteiger partial charge in [0, 0.05) is 29.2 Å². The summed E-state index contributed by atoms with van der Waals surface area (Å²) in [5.74, 6) is 1.28. The molecule has 0 saturated carbocycles. The second kappa shape index (κ2) is 10.5. The van der Waals surface area contributed by atoms with Gasteiger partial charge in [-0.2, -0.15) is 0 Å². The summed E-state index contributed by atoms with van der Waals surface area (Å²) in [7, 11) is -3.57. The molecule has 4 N–H and O–H groups in total. The number of nitrogens with zero attached hydrogens (tertiary/aromatic N) is 3. The molecule has 6 rings (SSSR count). The number of sulfonamides is 1. The van der Waals surface area contributed by atoms with Gasteiger partial charge in [0.2, 0.25) is 10.0 Å². The minimum atomic E-state index is -3.57. The van der Waals surface area contributed by atoms with Crippen LogP contribution in [0.2, 0.25) is 0 Å². The molecule has 1 fully saturated rings.